The minimum absolute atomic E-state index is 0.360. The van der Waals surface area contributed by atoms with E-state index in [-0.39, 0.29) is 0 Å². The van der Waals surface area contributed by atoms with Gasteiger partial charge in [-0.1, -0.05) is 0 Å². The molecule has 2 heteroatoms. The second-order valence-corrected chi connectivity index (χ2v) is 7.20. The molecule has 0 aliphatic carbocycles. The van der Waals surface area contributed by atoms with Gasteiger partial charge in [0.1, 0.15) is 0 Å². The first-order chi connectivity index (χ1) is 10.4. The predicted molar refractivity (Wildman–Crippen MR) is 89.6 cm³/mol. The zero-order chi connectivity index (χ0) is 14.1. The Morgan fingerprint density at radius 1 is 0.667 bits per heavy atom. The number of nitrogens with zero attached hydrogens (tertiary/aromatic N) is 1. The van der Waals surface area contributed by atoms with Crippen LogP contribution < -0.4 is 0 Å². The molecule has 2 heterocycles. The Hall–Kier alpha value is -2.15. The summed E-state index contributed by atoms with van der Waals surface area (Å²) in [7, 11) is 0. The van der Waals surface area contributed by atoms with E-state index in [0.29, 0.717) is 14.5 Å². The number of aromatic nitrogens is 1. The molecule has 4 aromatic rings. The topological polar surface area (TPSA) is 12.9 Å². The molecule has 0 atom stereocenters. The van der Waals surface area contributed by atoms with E-state index in [2.05, 4.69) is 72.8 Å². The van der Waals surface area contributed by atoms with Crippen molar-refractivity contribution >= 4 is 24.3 Å². The third-order valence-electron chi connectivity index (χ3n) is 3.50. The average Bonchev–Trinajstić information content (AvgIpc) is 2.99. The van der Waals surface area contributed by atoms with E-state index in [0.717, 1.165) is 11.2 Å². The van der Waals surface area contributed by atoms with Crippen molar-refractivity contribution in [1.82, 2.24) is 4.98 Å². The minimum atomic E-state index is 0.360. The summed E-state index contributed by atoms with van der Waals surface area (Å²) in [5, 5.41) is 0. The molecule has 0 unspecified atom stereocenters. The molecular formula is C19H13NSe. The van der Waals surface area contributed by atoms with Crippen LogP contribution in [0, 0.1) is 0 Å². The van der Waals surface area contributed by atoms with Crippen LogP contribution >= 0.6 is 0 Å². The second kappa shape index (κ2) is 5.32. The van der Waals surface area contributed by atoms with Gasteiger partial charge >= 0.3 is 129 Å². The van der Waals surface area contributed by atoms with Crippen molar-refractivity contribution in [1.29, 1.82) is 0 Å². The zero-order valence-electron chi connectivity index (χ0n) is 11.4. The van der Waals surface area contributed by atoms with Gasteiger partial charge in [0.05, 0.1) is 0 Å². The van der Waals surface area contributed by atoms with Crippen molar-refractivity contribution < 1.29 is 0 Å². The molecule has 0 amide bonds. The fourth-order valence-electron chi connectivity index (χ4n) is 2.44. The number of benzene rings is 2. The molecule has 0 aliphatic rings. The number of hydrogen-bond acceptors (Lipinski definition) is 1. The molecular weight excluding hydrogens is 321 g/mol. The van der Waals surface area contributed by atoms with E-state index < -0.39 is 0 Å². The number of fused-ring (bicyclic) bond motifs is 1. The molecule has 0 radical (unpaired) electrons. The first-order valence-electron chi connectivity index (χ1n) is 6.91. The summed E-state index contributed by atoms with van der Waals surface area (Å²) >= 11 is 0.360. The molecule has 0 aliphatic heterocycles. The van der Waals surface area contributed by atoms with Gasteiger partial charge in [0.25, 0.3) is 0 Å². The van der Waals surface area contributed by atoms with Crippen LogP contribution in [0.2, 0.25) is 0 Å². The molecule has 21 heavy (non-hydrogen) atoms. The van der Waals surface area contributed by atoms with Crippen LogP contribution in [-0.4, -0.2) is 19.5 Å². The van der Waals surface area contributed by atoms with Gasteiger partial charge < -0.3 is 0 Å². The molecule has 0 saturated carbocycles. The van der Waals surface area contributed by atoms with Crippen LogP contribution in [-0.2, 0) is 0 Å². The number of hydrogen-bond donors (Lipinski definition) is 0. The molecule has 1 nitrogen and oxygen atoms in total. The van der Waals surface area contributed by atoms with Gasteiger partial charge in [0.15, 0.2) is 0 Å². The molecule has 0 fully saturated rings. The summed E-state index contributed by atoms with van der Waals surface area (Å²) in [5.41, 5.74) is 4.68. The quantitative estimate of drug-likeness (QED) is 0.487. The predicted octanol–water partition coefficient (Wildman–Crippen LogP) is 4.63. The normalized spacial score (nSPS) is 10.9. The summed E-state index contributed by atoms with van der Waals surface area (Å²) in [5.74, 6) is 0. The molecule has 2 aromatic heterocycles. The summed E-state index contributed by atoms with van der Waals surface area (Å²) in [4.78, 5) is 4.84. The molecule has 2 aromatic carbocycles. The molecule has 0 N–H and O–H groups in total. The SMILES string of the molecule is c1ccc(-c2ccc3[se]c(-c4ccccc4)cc3n2)cc1. The van der Waals surface area contributed by atoms with Gasteiger partial charge in [0.2, 0.25) is 0 Å². The van der Waals surface area contributed by atoms with E-state index in [9.17, 15) is 0 Å². The van der Waals surface area contributed by atoms with Crippen molar-refractivity contribution in [2.75, 3.05) is 0 Å². The van der Waals surface area contributed by atoms with Crippen molar-refractivity contribution in [3.8, 4) is 21.3 Å². The Labute approximate surface area is 129 Å². The third-order valence-corrected chi connectivity index (χ3v) is 5.89. The molecule has 0 saturated heterocycles. The van der Waals surface area contributed by atoms with Crippen molar-refractivity contribution in [2.24, 2.45) is 0 Å². The standard InChI is InChI=1S/C19H13NSe/c1-3-7-14(8-4-1)16-11-12-18-17(20-16)13-19(21-18)15-9-5-2-6-10-15/h1-13H. The third kappa shape index (κ3) is 2.44. The van der Waals surface area contributed by atoms with Gasteiger partial charge in [-0.25, -0.2) is 0 Å². The van der Waals surface area contributed by atoms with Gasteiger partial charge in [-0.2, -0.15) is 0 Å². The maximum atomic E-state index is 4.84. The Balaban J connectivity index is 1.82. The zero-order valence-corrected chi connectivity index (χ0v) is 13.1. The van der Waals surface area contributed by atoms with E-state index in [1.807, 2.05) is 6.07 Å². The summed E-state index contributed by atoms with van der Waals surface area (Å²) in [6.07, 6.45) is 0. The van der Waals surface area contributed by atoms with Crippen LogP contribution in [0.1, 0.15) is 0 Å². The van der Waals surface area contributed by atoms with Gasteiger partial charge in [-0.05, 0) is 0 Å². The van der Waals surface area contributed by atoms with Crippen molar-refractivity contribution in [3.63, 3.8) is 0 Å². The second-order valence-electron chi connectivity index (χ2n) is 4.92. The van der Waals surface area contributed by atoms with Crippen LogP contribution in [0.5, 0.6) is 0 Å². The van der Waals surface area contributed by atoms with Crippen LogP contribution in [0.3, 0.4) is 0 Å². The molecule has 100 valence electrons. The number of pyridine rings is 1. The monoisotopic (exact) mass is 335 g/mol. The Morgan fingerprint density at radius 2 is 1.33 bits per heavy atom. The summed E-state index contributed by atoms with van der Waals surface area (Å²) < 4.78 is 2.79. The van der Waals surface area contributed by atoms with Gasteiger partial charge in [-0.3, -0.25) is 0 Å². The Kier molecular flexibility index (Phi) is 3.19. The first-order valence-corrected chi connectivity index (χ1v) is 8.63. The van der Waals surface area contributed by atoms with Crippen LogP contribution in [0.4, 0.5) is 0 Å². The fourth-order valence-corrected chi connectivity index (χ4v) is 4.55. The van der Waals surface area contributed by atoms with Crippen LogP contribution in [0.15, 0.2) is 78.9 Å². The van der Waals surface area contributed by atoms with E-state index in [1.165, 1.54) is 19.8 Å². The Morgan fingerprint density at radius 3 is 2.05 bits per heavy atom. The fraction of sp³-hybridized carbons (Fsp3) is 0. The average molecular weight is 334 g/mol. The van der Waals surface area contributed by atoms with Gasteiger partial charge in [0, 0.05) is 0 Å². The van der Waals surface area contributed by atoms with Crippen molar-refractivity contribution in [3.05, 3.63) is 78.9 Å². The number of rotatable bonds is 2. The van der Waals surface area contributed by atoms with Gasteiger partial charge in [-0.15, -0.1) is 0 Å². The van der Waals surface area contributed by atoms with Crippen LogP contribution in [0.25, 0.3) is 31.0 Å². The van der Waals surface area contributed by atoms with E-state index in [1.54, 1.807) is 0 Å². The van der Waals surface area contributed by atoms with E-state index in [4.69, 9.17) is 4.98 Å². The molecule has 4 rings (SSSR count). The Bertz CT molecular complexity index is 842. The van der Waals surface area contributed by atoms with E-state index >= 15 is 0 Å². The first kappa shape index (κ1) is 12.6. The molecule has 0 spiro atoms. The maximum absolute atomic E-state index is 4.84. The van der Waals surface area contributed by atoms with Crippen molar-refractivity contribution in [2.45, 2.75) is 0 Å². The molecule has 0 bridgehead atoms. The summed E-state index contributed by atoms with van der Waals surface area (Å²) in [6, 6.07) is 27.6. The summed E-state index contributed by atoms with van der Waals surface area (Å²) in [6.45, 7) is 0.